The fourth-order valence-corrected chi connectivity index (χ4v) is 1.51. The van der Waals surface area contributed by atoms with Crippen LogP contribution >= 0.6 is 12.6 Å². The highest BCUT2D eigenvalue weighted by Crippen LogP contribution is 2.23. The highest BCUT2D eigenvalue weighted by molar-refractivity contribution is 7.79. The molecule has 0 heterocycles. The minimum absolute atomic E-state index is 0.398. The van der Waals surface area contributed by atoms with Gasteiger partial charge in [0.05, 0.1) is 0 Å². The fourth-order valence-electron chi connectivity index (χ4n) is 1.51. The summed E-state index contributed by atoms with van der Waals surface area (Å²) in [6.07, 6.45) is 9.61. The van der Waals surface area contributed by atoms with Gasteiger partial charge < -0.3 is 0 Å². The molecule has 1 aliphatic rings. The molecular weight excluding hydrogens is 192 g/mol. The van der Waals surface area contributed by atoms with Crippen LogP contribution in [0.3, 0.4) is 0 Å². The van der Waals surface area contributed by atoms with Crippen molar-refractivity contribution in [3.05, 3.63) is 12.7 Å². The van der Waals surface area contributed by atoms with Crippen LogP contribution in [0.25, 0.3) is 0 Å². The molecule has 0 radical (unpaired) electrons. The molecule has 84 valence electrons. The Balaban J connectivity index is 0. The lowest BCUT2D eigenvalue weighted by Crippen LogP contribution is -2.13. The van der Waals surface area contributed by atoms with Gasteiger partial charge in [-0.15, -0.1) is 6.58 Å². The van der Waals surface area contributed by atoms with Gasteiger partial charge in [-0.05, 0) is 32.9 Å². The lowest BCUT2D eigenvalue weighted by atomic mass is 9.87. The smallest absolute Gasteiger partial charge is 0.132 e. The van der Waals surface area contributed by atoms with Crippen molar-refractivity contribution in [2.45, 2.75) is 46.0 Å². The van der Waals surface area contributed by atoms with Gasteiger partial charge in [-0.25, -0.2) is 0 Å². The zero-order chi connectivity index (χ0) is 11.4. The van der Waals surface area contributed by atoms with E-state index >= 15 is 0 Å². The van der Waals surface area contributed by atoms with Crippen molar-refractivity contribution in [1.29, 1.82) is 0 Å². The molecule has 0 aromatic carbocycles. The van der Waals surface area contributed by atoms with Gasteiger partial charge >= 0.3 is 0 Å². The molecule has 0 spiro atoms. The quantitative estimate of drug-likeness (QED) is 0.520. The van der Waals surface area contributed by atoms with Crippen LogP contribution in [0.2, 0.25) is 0 Å². The molecule has 0 N–H and O–H groups in total. The van der Waals surface area contributed by atoms with Crippen molar-refractivity contribution in [1.82, 2.24) is 0 Å². The van der Waals surface area contributed by atoms with Crippen LogP contribution in [0.1, 0.15) is 46.0 Å². The SMILES string of the molecule is C=CC.CC(=O)C1CCCCC1.CS. The van der Waals surface area contributed by atoms with E-state index in [0.29, 0.717) is 11.7 Å². The summed E-state index contributed by atoms with van der Waals surface area (Å²) in [4.78, 5) is 10.8. The third-order valence-electron chi connectivity index (χ3n) is 2.18. The number of ketones is 1. The van der Waals surface area contributed by atoms with Crippen LogP contribution in [0, 0.1) is 5.92 Å². The first-order chi connectivity index (χ1) is 6.72. The zero-order valence-corrected chi connectivity index (χ0v) is 10.6. The minimum atomic E-state index is 0.398. The summed E-state index contributed by atoms with van der Waals surface area (Å²) < 4.78 is 0. The predicted molar refractivity (Wildman–Crippen MR) is 68.0 cm³/mol. The molecule has 0 bridgehead atoms. The summed E-state index contributed by atoms with van der Waals surface area (Å²) in [6, 6.07) is 0. The van der Waals surface area contributed by atoms with E-state index < -0.39 is 0 Å². The third-order valence-corrected chi connectivity index (χ3v) is 2.18. The van der Waals surface area contributed by atoms with Crippen LogP contribution < -0.4 is 0 Å². The lowest BCUT2D eigenvalue weighted by Gasteiger charge is -2.17. The molecule has 0 aliphatic heterocycles. The van der Waals surface area contributed by atoms with Gasteiger partial charge in [0, 0.05) is 5.92 Å². The number of thiol groups is 1. The van der Waals surface area contributed by atoms with Gasteiger partial charge in [-0.1, -0.05) is 25.3 Å². The molecule has 0 unspecified atom stereocenters. The number of allylic oxidation sites excluding steroid dienone is 1. The number of hydrogen-bond donors (Lipinski definition) is 1. The van der Waals surface area contributed by atoms with Gasteiger partial charge in [0.1, 0.15) is 5.78 Å². The lowest BCUT2D eigenvalue weighted by molar-refractivity contribution is -0.121. The number of rotatable bonds is 1. The monoisotopic (exact) mass is 216 g/mol. The van der Waals surface area contributed by atoms with Crippen molar-refractivity contribution in [3.63, 3.8) is 0 Å². The molecule has 0 aromatic heterocycles. The zero-order valence-electron chi connectivity index (χ0n) is 9.75. The first-order valence-corrected chi connectivity index (χ1v) is 6.14. The average molecular weight is 216 g/mol. The maximum Gasteiger partial charge on any atom is 0.132 e. The molecule has 14 heavy (non-hydrogen) atoms. The van der Waals surface area contributed by atoms with E-state index in [1.165, 1.54) is 19.3 Å². The van der Waals surface area contributed by atoms with E-state index in [-0.39, 0.29) is 0 Å². The van der Waals surface area contributed by atoms with Crippen molar-refractivity contribution < 1.29 is 4.79 Å². The Hall–Kier alpha value is -0.240. The van der Waals surface area contributed by atoms with E-state index in [2.05, 4.69) is 19.2 Å². The molecule has 1 nitrogen and oxygen atoms in total. The standard InChI is InChI=1S/C8H14O.C3H6.CH4S/c1-7(9)8-5-3-2-4-6-8;1-3-2;1-2/h8H,2-6H2,1H3;3H,1H2,2H3;2H,1H3. The molecule has 0 amide bonds. The summed E-state index contributed by atoms with van der Waals surface area (Å²) in [5, 5.41) is 0. The van der Waals surface area contributed by atoms with Gasteiger partial charge in [-0.3, -0.25) is 4.79 Å². The number of carbonyl (C=O) groups excluding carboxylic acids is 1. The van der Waals surface area contributed by atoms with Gasteiger partial charge in [0.15, 0.2) is 0 Å². The second-order valence-electron chi connectivity index (χ2n) is 3.35. The van der Waals surface area contributed by atoms with Crippen molar-refractivity contribution in [3.8, 4) is 0 Å². The van der Waals surface area contributed by atoms with Gasteiger partial charge in [0.25, 0.3) is 0 Å². The number of Topliss-reactive ketones (excluding diaryl/α,β-unsaturated/α-hetero) is 1. The minimum Gasteiger partial charge on any atom is -0.300 e. The summed E-state index contributed by atoms with van der Waals surface area (Å²) in [7, 11) is 0. The molecule has 2 heteroatoms. The van der Waals surface area contributed by atoms with Gasteiger partial charge in [0.2, 0.25) is 0 Å². The van der Waals surface area contributed by atoms with Crippen molar-refractivity contribution >= 4 is 18.4 Å². The van der Waals surface area contributed by atoms with E-state index in [1.54, 1.807) is 19.3 Å². The first kappa shape index (κ1) is 16.2. The summed E-state index contributed by atoms with van der Waals surface area (Å²) in [6.45, 7) is 6.97. The molecular formula is C12H24OS. The van der Waals surface area contributed by atoms with Crippen LogP contribution in [0.5, 0.6) is 0 Å². The Kier molecular flexibility index (Phi) is 14.8. The Morgan fingerprint density at radius 2 is 1.64 bits per heavy atom. The first-order valence-electron chi connectivity index (χ1n) is 5.24. The van der Waals surface area contributed by atoms with Crippen LogP contribution in [0.4, 0.5) is 0 Å². The summed E-state index contributed by atoms with van der Waals surface area (Å²) in [5.41, 5.74) is 0. The number of carbonyl (C=O) groups is 1. The highest BCUT2D eigenvalue weighted by Gasteiger charge is 2.16. The van der Waals surface area contributed by atoms with Crippen molar-refractivity contribution in [2.75, 3.05) is 6.26 Å². The maximum atomic E-state index is 10.8. The average Bonchev–Trinajstić information content (AvgIpc) is 2.23. The van der Waals surface area contributed by atoms with E-state index in [0.717, 1.165) is 12.8 Å². The molecule has 0 atom stereocenters. The summed E-state index contributed by atoms with van der Waals surface area (Å²) in [5.74, 6) is 0.813. The largest absolute Gasteiger partial charge is 0.300 e. The Labute approximate surface area is 94.4 Å². The fraction of sp³-hybridized carbons (Fsp3) is 0.750. The van der Waals surface area contributed by atoms with E-state index in [1.807, 2.05) is 6.92 Å². The maximum absolute atomic E-state index is 10.8. The molecule has 0 saturated heterocycles. The highest BCUT2D eigenvalue weighted by atomic mass is 32.1. The normalized spacial score (nSPS) is 15.4. The molecule has 0 aromatic rings. The molecule has 1 saturated carbocycles. The second-order valence-corrected chi connectivity index (χ2v) is 3.35. The molecule has 1 fully saturated rings. The third kappa shape index (κ3) is 9.85. The van der Waals surface area contributed by atoms with Crippen LogP contribution in [-0.4, -0.2) is 12.0 Å². The van der Waals surface area contributed by atoms with Crippen LogP contribution in [-0.2, 0) is 4.79 Å². The van der Waals surface area contributed by atoms with E-state index in [9.17, 15) is 4.79 Å². The Morgan fingerprint density at radius 1 is 1.29 bits per heavy atom. The van der Waals surface area contributed by atoms with E-state index in [4.69, 9.17) is 0 Å². The number of hydrogen-bond acceptors (Lipinski definition) is 2. The second kappa shape index (κ2) is 12.8. The summed E-state index contributed by atoms with van der Waals surface area (Å²) >= 11 is 3.53. The molecule has 1 rings (SSSR count). The molecule has 1 aliphatic carbocycles. The Morgan fingerprint density at radius 3 is 1.86 bits per heavy atom. The van der Waals surface area contributed by atoms with Crippen molar-refractivity contribution in [2.24, 2.45) is 5.92 Å². The van der Waals surface area contributed by atoms with Gasteiger partial charge in [-0.2, -0.15) is 12.6 Å². The topological polar surface area (TPSA) is 17.1 Å². The Bertz CT molecular complexity index is 137. The van der Waals surface area contributed by atoms with Crippen LogP contribution in [0.15, 0.2) is 12.7 Å². The predicted octanol–water partition coefficient (Wildman–Crippen LogP) is 3.89.